The molecule has 1 aromatic carbocycles. The lowest BCUT2D eigenvalue weighted by atomic mass is 10.2. The summed E-state index contributed by atoms with van der Waals surface area (Å²) in [4.78, 5) is 18.3. The Morgan fingerprint density at radius 3 is 3.00 bits per heavy atom. The molecule has 0 aliphatic carbocycles. The van der Waals surface area contributed by atoms with Gasteiger partial charge in [-0.25, -0.2) is 0 Å². The van der Waals surface area contributed by atoms with Crippen LogP contribution in [0.15, 0.2) is 52.1 Å². The molecular weight excluding hydrogens is 320 g/mol. The molecule has 25 heavy (non-hydrogen) atoms. The number of hydrogen-bond donors (Lipinski definition) is 2. The zero-order chi connectivity index (χ0) is 17.6. The molecule has 132 valence electrons. The molecule has 1 fully saturated rings. The summed E-state index contributed by atoms with van der Waals surface area (Å²) in [5.74, 6) is 2.27. The van der Waals surface area contributed by atoms with Crippen molar-refractivity contribution >= 4 is 17.6 Å². The van der Waals surface area contributed by atoms with Gasteiger partial charge in [0.15, 0.2) is 5.96 Å². The number of anilines is 1. The van der Waals surface area contributed by atoms with Crippen LogP contribution < -0.4 is 20.3 Å². The van der Waals surface area contributed by atoms with Crippen molar-refractivity contribution < 1.29 is 13.9 Å². The molecule has 1 aliphatic rings. The Hall–Kier alpha value is -2.96. The first-order valence-electron chi connectivity index (χ1n) is 8.13. The van der Waals surface area contributed by atoms with E-state index in [1.165, 1.54) is 0 Å². The van der Waals surface area contributed by atoms with Crippen LogP contribution in [0.5, 0.6) is 5.75 Å². The number of ether oxygens (including phenoxy) is 1. The van der Waals surface area contributed by atoms with Gasteiger partial charge in [-0.2, -0.15) is 0 Å². The summed E-state index contributed by atoms with van der Waals surface area (Å²) in [6.07, 6.45) is 2.05. The van der Waals surface area contributed by atoms with Crippen LogP contribution in [0.2, 0.25) is 0 Å². The largest absolute Gasteiger partial charge is 0.497 e. The first-order valence-corrected chi connectivity index (χ1v) is 8.13. The number of hydrogen-bond acceptors (Lipinski definition) is 4. The van der Waals surface area contributed by atoms with E-state index in [-0.39, 0.29) is 11.9 Å². The number of rotatable bonds is 5. The number of carbonyl (C=O) groups excluding carboxylic acids is 1. The molecule has 1 aliphatic heterocycles. The fourth-order valence-corrected chi connectivity index (χ4v) is 2.80. The summed E-state index contributed by atoms with van der Waals surface area (Å²) < 4.78 is 10.5. The van der Waals surface area contributed by atoms with E-state index in [1.807, 2.05) is 36.4 Å². The third-order valence-corrected chi connectivity index (χ3v) is 4.06. The predicted octanol–water partition coefficient (Wildman–Crippen LogP) is 1.76. The van der Waals surface area contributed by atoms with Crippen molar-refractivity contribution in [3.8, 4) is 5.75 Å². The highest BCUT2D eigenvalue weighted by Gasteiger charge is 2.31. The van der Waals surface area contributed by atoms with Crippen LogP contribution in [-0.2, 0) is 11.3 Å². The first-order chi connectivity index (χ1) is 12.2. The second-order valence-electron chi connectivity index (χ2n) is 5.76. The smallest absolute Gasteiger partial charge is 0.229 e. The number of carbonyl (C=O) groups is 1. The van der Waals surface area contributed by atoms with Gasteiger partial charge < -0.3 is 24.7 Å². The number of nitrogens with one attached hydrogen (secondary N) is 2. The summed E-state index contributed by atoms with van der Waals surface area (Å²) in [6.45, 7) is 1.11. The Balaban J connectivity index is 1.59. The topological polar surface area (TPSA) is 79.1 Å². The lowest BCUT2D eigenvalue weighted by molar-refractivity contribution is -0.117. The minimum atomic E-state index is -0.0125. The molecule has 3 rings (SSSR count). The lowest BCUT2D eigenvalue weighted by Gasteiger charge is -2.19. The van der Waals surface area contributed by atoms with Gasteiger partial charge in [-0.15, -0.1) is 0 Å². The van der Waals surface area contributed by atoms with E-state index >= 15 is 0 Å². The number of nitrogens with zero attached hydrogens (tertiary/aromatic N) is 2. The molecule has 1 amide bonds. The predicted molar refractivity (Wildman–Crippen MR) is 95.8 cm³/mol. The Morgan fingerprint density at radius 1 is 1.40 bits per heavy atom. The summed E-state index contributed by atoms with van der Waals surface area (Å²) >= 11 is 0. The minimum Gasteiger partial charge on any atom is -0.497 e. The molecule has 2 N–H and O–H groups in total. The number of furan rings is 1. The van der Waals surface area contributed by atoms with Crippen LogP contribution in [0.3, 0.4) is 0 Å². The van der Waals surface area contributed by atoms with Gasteiger partial charge in [0.25, 0.3) is 0 Å². The third-order valence-electron chi connectivity index (χ3n) is 4.06. The molecule has 1 saturated heterocycles. The van der Waals surface area contributed by atoms with Crippen LogP contribution in [0, 0.1) is 0 Å². The molecule has 1 unspecified atom stereocenters. The van der Waals surface area contributed by atoms with Gasteiger partial charge in [0.05, 0.1) is 26.0 Å². The molecular formula is C18H22N4O3. The second kappa shape index (κ2) is 7.74. The zero-order valence-electron chi connectivity index (χ0n) is 14.4. The number of amides is 1. The van der Waals surface area contributed by atoms with Gasteiger partial charge in [0.2, 0.25) is 5.91 Å². The van der Waals surface area contributed by atoms with Gasteiger partial charge in [-0.05, 0) is 24.3 Å². The molecule has 0 spiro atoms. The van der Waals surface area contributed by atoms with Crippen LogP contribution in [-0.4, -0.2) is 38.6 Å². The lowest BCUT2D eigenvalue weighted by Crippen LogP contribution is -2.44. The maximum absolute atomic E-state index is 12.4. The number of aliphatic imine (C=N–C) groups is 1. The molecule has 2 aromatic rings. The van der Waals surface area contributed by atoms with Crippen molar-refractivity contribution in [2.75, 3.05) is 25.6 Å². The third kappa shape index (κ3) is 4.12. The number of methoxy groups -OCH3 is 1. The van der Waals surface area contributed by atoms with E-state index in [4.69, 9.17) is 9.15 Å². The fraction of sp³-hybridized carbons (Fsp3) is 0.333. The van der Waals surface area contributed by atoms with Crippen LogP contribution in [0.1, 0.15) is 12.2 Å². The van der Waals surface area contributed by atoms with Gasteiger partial charge >= 0.3 is 0 Å². The molecule has 1 atom stereocenters. The van der Waals surface area contributed by atoms with E-state index in [9.17, 15) is 4.79 Å². The van der Waals surface area contributed by atoms with Crippen molar-refractivity contribution in [1.82, 2.24) is 10.6 Å². The van der Waals surface area contributed by atoms with E-state index in [1.54, 1.807) is 25.3 Å². The number of guanidine groups is 1. The fourth-order valence-electron chi connectivity index (χ4n) is 2.80. The normalized spacial score (nSPS) is 17.7. The Morgan fingerprint density at radius 2 is 2.28 bits per heavy atom. The van der Waals surface area contributed by atoms with Crippen molar-refractivity contribution in [2.45, 2.75) is 19.0 Å². The Bertz CT molecular complexity index is 743. The monoisotopic (exact) mass is 342 g/mol. The van der Waals surface area contributed by atoms with Crippen molar-refractivity contribution in [1.29, 1.82) is 0 Å². The zero-order valence-corrected chi connectivity index (χ0v) is 14.4. The van der Waals surface area contributed by atoms with E-state index in [0.29, 0.717) is 25.5 Å². The Kier molecular flexibility index (Phi) is 5.23. The average Bonchev–Trinajstić information content (AvgIpc) is 3.28. The summed E-state index contributed by atoms with van der Waals surface area (Å²) in [5.41, 5.74) is 0.840. The van der Waals surface area contributed by atoms with Gasteiger partial charge in [-0.3, -0.25) is 9.79 Å². The van der Waals surface area contributed by atoms with Gasteiger partial charge in [0.1, 0.15) is 11.5 Å². The van der Waals surface area contributed by atoms with Crippen molar-refractivity contribution in [3.05, 3.63) is 48.4 Å². The summed E-state index contributed by atoms with van der Waals surface area (Å²) in [5, 5.41) is 6.47. The molecule has 0 saturated carbocycles. The highest BCUT2D eigenvalue weighted by molar-refractivity contribution is 5.97. The minimum absolute atomic E-state index is 0.0125. The van der Waals surface area contributed by atoms with Crippen LogP contribution in [0.4, 0.5) is 5.69 Å². The standard InChI is InChI=1S/C18H22N4O3/c1-19-18(20-11-16-7-4-8-25-16)21-13-9-17(23)22(12-13)14-5-3-6-15(10-14)24-2/h3-8,10,13H,9,11-12H2,1-2H3,(H2,19,20,21). The highest BCUT2D eigenvalue weighted by atomic mass is 16.5. The van der Waals surface area contributed by atoms with Crippen LogP contribution in [0.25, 0.3) is 0 Å². The van der Waals surface area contributed by atoms with Gasteiger partial charge in [-0.1, -0.05) is 6.07 Å². The number of benzene rings is 1. The molecule has 7 nitrogen and oxygen atoms in total. The summed E-state index contributed by atoms with van der Waals surface area (Å²) in [7, 11) is 3.32. The van der Waals surface area contributed by atoms with E-state index in [2.05, 4.69) is 15.6 Å². The average molecular weight is 342 g/mol. The highest BCUT2D eigenvalue weighted by Crippen LogP contribution is 2.25. The molecule has 2 heterocycles. The molecule has 0 bridgehead atoms. The van der Waals surface area contributed by atoms with Crippen molar-refractivity contribution in [2.24, 2.45) is 4.99 Å². The van der Waals surface area contributed by atoms with E-state index in [0.717, 1.165) is 17.2 Å². The first kappa shape index (κ1) is 16.9. The Labute approximate surface area is 146 Å². The molecule has 1 aromatic heterocycles. The van der Waals surface area contributed by atoms with E-state index < -0.39 is 0 Å². The molecule has 7 heteroatoms. The van der Waals surface area contributed by atoms with Crippen molar-refractivity contribution in [3.63, 3.8) is 0 Å². The van der Waals surface area contributed by atoms with Crippen LogP contribution >= 0.6 is 0 Å². The summed E-state index contributed by atoms with van der Waals surface area (Å²) in [6, 6.07) is 11.2. The molecule has 0 radical (unpaired) electrons. The SMILES string of the molecule is CN=C(NCc1ccco1)NC1CC(=O)N(c2cccc(OC)c2)C1. The maximum Gasteiger partial charge on any atom is 0.229 e. The maximum atomic E-state index is 12.4. The second-order valence-corrected chi connectivity index (χ2v) is 5.76. The quantitative estimate of drug-likeness (QED) is 0.639. The van der Waals surface area contributed by atoms with Gasteiger partial charge in [0, 0.05) is 31.8 Å².